The van der Waals surface area contributed by atoms with Crippen LogP contribution < -0.4 is 0 Å². The van der Waals surface area contributed by atoms with Crippen molar-refractivity contribution >= 4 is 34.2 Å². The fraction of sp³-hybridized carbons (Fsp3) is 1.00. The summed E-state index contributed by atoms with van der Waals surface area (Å²) in [6.45, 7) is -3.57. The maximum Gasteiger partial charge on any atom is 0.325 e. The van der Waals surface area contributed by atoms with Gasteiger partial charge in [0.1, 0.15) is 52.3 Å². The molecule has 2 fully saturated rings. The SMILES string of the molecule is [B][C@@H]1O[C@H](COP(O)(=S)OC2[C@@H](COC)O[C@@H]([B])[C@H]2OC)C(OC)[C@@H]1OC. The van der Waals surface area contributed by atoms with Crippen LogP contribution in [0.4, 0.5) is 0 Å². The monoisotopic (exact) mass is 422 g/mol. The third-order valence-electron chi connectivity index (χ3n) is 4.50. The molecule has 0 bridgehead atoms. The lowest BCUT2D eigenvalue weighted by atomic mass is 9.93. The lowest BCUT2D eigenvalue weighted by Gasteiger charge is -2.28. The molecule has 9 nitrogen and oxygen atoms in total. The Morgan fingerprint density at radius 1 is 0.852 bits per heavy atom. The van der Waals surface area contributed by atoms with Crippen LogP contribution in [0.25, 0.3) is 0 Å². The lowest BCUT2D eigenvalue weighted by molar-refractivity contribution is -0.0451. The van der Waals surface area contributed by atoms with Crippen molar-refractivity contribution in [1.82, 2.24) is 0 Å². The van der Waals surface area contributed by atoms with E-state index in [0.29, 0.717) is 0 Å². The van der Waals surface area contributed by atoms with Crippen LogP contribution in [0.3, 0.4) is 0 Å². The molecule has 1 N–H and O–H groups in total. The molecule has 9 atom stereocenters. The zero-order valence-corrected chi connectivity index (χ0v) is 17.5. The molecule has 0 saturated carbocycles. The second-order valence-corrected chi connectivity index (χ2v) is 8.96. The summed E-state index contributed by atoms with van der Waals surface area (Å²) in [4.78, 5) is 10.5. The van der Waals surface area contributed by atoms with Crippen LogP contribution in [0.1, 0.15) is 0 Å². The van der Waals surface area contributed by atoms with E-state index in [1.54, 1.807) is 0 Å². The van der Waals surface area contributed by atoms with Gasteiger partial charge in [-0.2, -0.15) is 0 Å². The van der Waals surface area contributed by atoms with E-state index < -0.39 is 55.3 Å². The van der Waals surface area contributed by atoms with E-state index in [0.717, 1.165) is 0 Å². The van der Waals surface area contributed by atoms with E-state index in [9.17, 15) is 4.89 Å². The van der Waals surface area contributed by atoms with Gasteiger partial charge in [-0.15, -0.1) is 0 Å². The Balaban J connectivity index is 1.98. The predicted octanol–water partition coefficient (Wildman–Crippen LogP) is -0.917. The summed E-state index contributed by atoms with van der Waals surface area (Å²) in [7, 11) is 17.7. The van der Waals surface area contributed by atoms with Crippen LogP contribution in [-0.2, 0) is 49.3 Å². The molecular weight excluding hydrogens is 397 g/mol. The van der Waals surface area contributed by atoms with E-state index in [1.165, 1.54) is 28.4 Å². The largest absolute Gasteiger partial charge is 0.382 e. The van der Waals surface area contributed by atoms with Gasteiger partial charge in [0.15, 0.2) is 0 Å². The van der Waals surface area contributed by atoms with Crippen molar-refractivity contribution in [3.8, 4) is 0 Å². The third kappa shape index (κ3) is 5.73. The Bertz CT molecular complexity index is 519. The minimum absolute atomic E-state index is 0.0912. The van der Waals surface area contributed by atoms with Crippen molar-refractivity contribution in [2.45, 2.75) is 48.6 Å². The molecule has 0 aliphatic carbocycles. The van der Waals surface area contributed by atoms with Crippen LogP contribution in [0.5, 0.6) is 0 Å². The van der Waals surface area contributed by atoms with Gasteiger partial charge in [0.05, 0.1) is 13.2 Å². The minimum atomic E-state index is -3.67. The number of rotatable bonds is 10. The van der Waals surface area contributed by atoms with Gasteiger partial charge in [0.25, 0.3) is 0 Å². The first kappa shape index (κ1) is 23.7. The van der Waals surface area contributed by atoms with Crippen molar-refractivity contribution in [2.24, 2.45) is 0 Å². The molecule has 0 aromatic heterocycles. The average molecular weight is 422 g/mol. The van der Waals surface area contributed by atoms with Gasteiger partial charge >= 0.3 is 6.72 Å². The fourth-order valence-corrected chi connectivity index (χ4v) is 4.69. The van der Waals surface area contributed by atoms with Crippen LogP contribution >= 0.6 is 6.72 Å². The van der Waals surface area contributed by atoms with Crippen LogP contribution in [-0.4, -0.2) is 111 Å². The van der Waals surface area contributed by atoms with Gasteiger partial charge in [0, 0.05) is 40.4 Å². The standard InChI is InChI=1S/C14H25B2O9PS/c1-18-5-7-10(12(21-4)14(16)23-7)25-26(17,27)22-6-8-9(19-2)11(20-3)13(15)24-8/h7-14H,5-6H2,1-4H3,(H,17,27)/t7-,8-,9?,10?,11+,12+,13-,14-,26?/m1/s1. The second kappa shape index (κ2) is 10.4. The summed E-state index contributed by atoms with van der Waals surface area (Å²) in [5, 5.41) is 0. The number of methoxy groups -OCH3 is 4. The zero-order chi connectivity index (χ0) is 20.2. The maximum absolute atomic E-state index is 10.5. The molecular formula is C14H25B2O9PS. The highest BCUT2D eigenvalue weighted by atomic mass is 32.5. The second-order valence-electron chi connectivity index (χ2n) is 6.17. The van der Waals surface area contributed by atoms with Crippen LogP contribution in [0.2, 0.25) is 0 Å². The highest BCUT2D eigenvalue weighted by Crippen LogP contribution is 2.48. The van der Waals surface area contributed by atoms with E-state index in [4.69, 9.17) is 65.0 Å². The molecule has 13 heteroatoms. The van der Waals surface area contributed by atoms with Crippen molar-refractivity contribution in [2.75, 3.05) is 41.7 Å². The molecule has 2 saturated heterocycles. The summed E-state index contributed by atoms with van der Waals surface area (Å²) >= 11 is 5.12. The number of ether oxygens (including phenoxy) is 6. The summed E-state index contributed by atoms with van der Waals surface area (Å²) in [6, 6.07) is -1.43. The first-order chi connectivity index (χ1) is 12.8. The molecule has 2 rings (SSSR count). The number of hydrogen-bond donors (Lipinski definition) is 1. The smallest absolute Gasteiger partial charge is 0.325 e. The summed E-state index contributed by atoms with van der Waals surface area (Å²) in [6.07, 6.45) is -3.47. The third-order valence-corrected chi connectivity index (χ3v) is 6.06. The molecule has 0 aromatic carbocycles. The van der Waals surface area contributed by atoms with E-state index in [1.807, 2.05) is 0 Å². The Morgan fingerprint density at radius 3 is 1.81 bits per heavy atom. The molecule has 3 unspecified atom stereocenters. The molecule has 4 radical (unpaired) electrons. The first-order valence-electron chi connectivity index (χ1n) is 8.33. The summed E-state index contributed by atoms with van der Waals surface area (Å²) in [5.41, 5.74) is 0. The maximum atomic E-state index is 10.5. The topological polar surface area (TPSA) is 94.1 Å². The Labute approximate surface area is 167 Å². The quantitative estimate of drug-likeness (QED) is 0.352. The molecule has 2 aliphatic heterocycles. The van der Waals surface area contributed by atoms with Gasteiger partial charge in [0.2, 0.25) is 0 Å². The van der Waals surface area contributed by atoms with E-state index >= 15 is 0 Å². The van der Waals surface area contributed by atoms with Crippen LogP contribution in [0.15, 0.2) is 0 Å². The Morgan fingerprint density at radius 2 is 1.33 bits per heavy atom. The molecule has 2 heterocycles. The van der Waals surface area contributed by atoms with Crippen molar-refractivity contribution in [3.05, 3.63) is 0 Å². The molecule has 0 spiro atoms. The minimum Gasteiger partial charge on any atom is -0.382 e. The van der Waals surface area contributed by atoms with E-state index in [-0.39, 0.29) is 13.2 Å². The Kier molecular flexibility index (Phi) is 9.17. The van der Waals surface area contributed by atoms with Crippen molar-refractivity contribution < 1.29 is 42.4 Å². The zero-order valence-electron chi connectivity index (χ0n) is 15.8. The van der Waals surface area contributed by atoms with Gasteiger partial charge in [-0.25, -0.2) is 0 Å². The highest BCUT2D eigenvalue weighted by molar-refractivity contribution is 8.07. The molecule has 0 aromatic rings. The Hall–Kier alpha value is 0.420. The van der Waals surface area contributed by atoms with Gasteiger partial charge in [-0.3, -0.25) is 4.52 Å². The van der Waals surface area contributed by atoms with Crippen molar-refractivity contribution in [1.29, 1.82) is 0 Å². The normalized spacial score (nSPS) is 41.7. The van der Waals surface area contributed by atoms with Gasteiger partial charge < -0.3 is 37.8 Å². The molecule has 152 valence electrons. The van der Waals surface area contributed by atoms with Crippen LogP contribution in [0, 0.1) is 0 Å². The van der Waals surface area contributed by atoms with Gasteiger partial charge in [-0.1, -0.05) is 0 Å². The lowest BCUT2D eigenvalue weighted by Crippen LogP contribution is -2.39. The highest BCUT2D eigenvalue weighted by Gasteiger charge is 2.47. The average Bonchev–Trinajstić information content (AvgIpc) is 3.08. The molecule has 0 amide bonds. The summed E-state index contributed by atoms with van der Waals surface area (Å²) in [5.74, 6) is 0. The van der Waals surface area contributed by atoms with Crippen molar-refractivity contribution in [3.63, 3.8) is 0 Å². The van der Waals surface area contributed by atoms with Gasteiger partial charge in [-0.05, 0) is 11.8 Å². The fourth-order valence-electron chi connectivity index (χ4n) is 3.25. The molecule has 27 heavy (non-hydrogen) atoms. The predicted molar refractivity (Wildman–Crippen MR) is 100 cm³/mol. The molecule has 2 aliphatic rings. The van der Waals surface area contributed by atoms with E-state index in [2.05, 4.69) is 0 Å². The number of hydrogen-bond acceptors (Lipinski definition) is 9. The first-order valence-corrected chi connectivity index (χ1v) is 10.9. The summed E-state index contributed by atoms with van der Waals surface area (Å²) < 4.78 is 43.3.